The third-order valence-corrected chi connectivity index (χ3v) is 3.76. The molecule has 1 aromatic carbocycles. The molecular weight excluding hydrogens is 241 g/mol. The standard InChI is InChI=1S/C15H16FN3/c16-13-7-4-8-18-15(13)14(19-17)12-9-11(12)10-5-2-1-3-6-10/h1-8,11-12,14,19H,9,17H2. The first kappa shape index (κ1) is 12.3. The first-order chi connectivity index (χ1) is 9.31. The number of nitrogens with two attached hydrogens (primary N) is 1. The van der Waals surface area contributed by atoms with E-state index in [0.717, 1.165) is 6.42 Å². The minimum absolute atomic E-state index is 0.230. The van der Waals surface area contributed by atoms with E-state index < -0.39 is 0 Å². The Kier molecular flexibility index (Phi) is 3.27. The lowest BCUT2D eigenvalue weighted by Crippen LogP contribution is -2.31. The predicted molar refractivity (Wildman–Crippen MR) is 71.5 cm³/mol. The van der Waals surface area contributed by atoms with Crippen LogP contribution in [0.15, 0.2) is 48.7 Å². The Hall–Kier alpha value is -1.78. The van der Waals surface area contributed by atoms with Gasteiger partial charge in [0.15, 0.2) is 0 Å². The molecule has 3 N–H and O–H groups in total. The molecule has 1 aliphatic rings. The molecule has 0 radical (unpaired) electrons. The summed E-state index contributed by atoms with van der Waals surface area (Å²) in [6.07, 6.45) is 2.61. The number of nitrogens with one attached hydrogen (secondary N) is 1. The molecule has 3 atom stereocenters. The van der Waals surface area contributed by atoms with Crippen LogP contribution in [-0.2, 0) is 0 Å². The second-order valence-electron chi connectivity index (χ2n) is 4.93. The molecule has 1 heterocycles. The van der Waals surface area contributed by atoms with Crippen LogP contribution in [-0.4, -0.2) is 4.98 Å². The maximum Gasteiger partial charge on any atom is 0.146 e. The van der Waals surface area contributed by atoms with Crippen LogP contribution in [0.1, 0.15) is 29.6 Å². The Morgan fingerprint density at radius 3 is 2.68 bits per heavy atom. The molecule has 3 nitrogen and oxygen atoms in total. The van der Waals surface area contributed by atoms with Gasteiger partial charge in [0.1, 0.15) is 5.82 Å². The summed E-state index contributed by atoms with van der Waals surface area (Å²) >= 11 is 0. The van der Waals surface area contributed by atoms with Crippen molar-refractivity contribution in [3.8, 4) is 0 Å². The Morgan fingerprint density at radius 1 is 1.21 bits per heavy atom. The van der Waals surface area contributed by atoms with Crippen molar-refractivity contribution >= 4 is 0 Å². The Balaban J connectivity index is 1.81. The van der Waals surface area contributed by atoms with E-state index in [1.165, 1.54) is 11.6 Å². The van der Waals surface area contributed by atoms with Crippen LogP contribution in [0.3, 0.4) is 0 Å². The van der Waals surface area contributed by atoms with Crippen LogP contribution in [0, 0.1) is 11.7 Å². The SMILES string of the molecule is NNC(c1ncccc1F)C1CC1c1ccccc1. The van der Waals surface area contributed by atoms with Crippen LogP contribution >= 0.6 is 0 Å². The highest BCUT2D eigenvalue weighted by molar-refractivity contribution is 5.28. The summed E-state index contributed by atoms with van der Waals surface area (Å²) < 4.78 is 13.8. The van der Waals surface area contributed by atoms with Crippen LogP contribution in [0.25, 0.3) is 0 Å². The van der Waals surface area contributed by atoms with E-state index in [4.69, 9.17) is 5.84 Å². The molecule has 1 fully saturated rings. The van der Waals surface area contributed by atoms with Gasteiger partial charge in [-0.25, -0.2) is 4.39 Å². The molecule has 1 saturated carbocycles. The zero-order valence-electron chi connectivity index (χ0n) is 10.5. The fraction of sp³-hybridized carbons (Fsp3) is 0.267. The Bertz CT molecular complexity index is 558. The number of nitrogens with zero attached hydrogens (tertiary/aromatic N) is 1. The molecule has 98 valence electrons. The number of hydrogen-bond acceptors (Lipinski definition) is 3. The van der Waals surface area contributed by atoms with Crippen molar-refractivity contribution in [3.05, 3.63) is 65.7 Å². The molecule has 1 aromatic heterocycles. The van der Waals surface area contributed by atoms with Crippen molar-refractivity contribution in [2.75, 3.05) is 0 Å². The maximum atomic E-state index is 13.8. The van der Waals surface area contributed by atoms with E-state index in [1.54, 1.807) is 12.3 Å². The molecule has 1 aliphatic carbocycles. The van der Waals surface area contributed by atoms with Crippen LogP contribution in [0.2, 0.25) is 0 Å². The van der Waals surface area contributed by atoms with E-state index in [-0.39, 0.29) is 11.9 Å². The van der Waals surface area contributed by atoms with Gasteiger partial charge >= 0.3 is 0 Å². The van der Waals surface area contributed by atoms with Gasteiger partial charge in [0.2, 0.25) is 0 Å². The number of aromatic nitrogens is 1. The maximum absolute atomic E-state index is 13.8. The van der Waals surface area contributed by atoms with Gasteiger partial charge in [-0.3, -0.25) is 16.3 Å². The smallest absolute Gasteiger partial charge is 0.146 e. The summed E-state index contributed by atoms with van der Waals surface area (Å²) in [5.41, 5.74) is 4.41. The average molecular weight is 257 g/mol. The first-order valence-electron chi connectivity index (χ1n) is 6.42. The third-order valence-electron chi connectivity index (χ3n) is 3.76. The zero-order chi connectivity index (χ0) is 13.2. The van der Waals surface area contributed by atoms with Crippen LogP contribution in [0.4, 0.5) is 4.39 Å². The first-order valence-corrected chi connectivity index (χ1v) is 6.42. The van der Waals surface area contributed by atoms with Gasteiger partial charge in [-0.15, -0.1) is 0 Å². The fourth-order valence-electron chi connectivity index (χ4n) is 2.70. The quantitative estimate of drug-likeness (QED) is 0.653. The van der Waals surface area contributed by atoms with E-state index >= 15 is 0 Å². The number of hydrogen-bond donors (Lipinski definition) is 2. The number of halogens is 1. The lowest BCUT2D eigenvalue weighted by molar-refractivity contribution is 0.448. The Morgan fingerprint density at radius 2 is 2.00 bits per heavy atom. The summed E-state index contributed by atoms with van der Waals surface area (Å²) in [5.74, 6) is 6.03. The van der Waals surface area contributed by atoms with Crippen molar-refractivity contribution in [1.82, 2.24) is 10.4 Å². The topological polar surface area (TPSA) is 50.9 Å². The van der Waals surface area contributed by atoms with Gasteiger partial charge in [-0.05, 0) is 36.0 Å². The minimum atomic E-state index is -0.302. The van der Waals surface area contributed by atoms with Gasteiger partial charge < -0.3 is 0 Å². The molecule has 0 spiro atoms. The Labute approximate surface area is 111 Å². The summed E-state index contributed by atoms with van der Waals surface area (Å²) in [4.78, 5) is 4.12. The molecule has 19 heavy (non-hydrogen) atoms. The van der Waals surface area contributed by atoms with E-state index in [2.05, 4.69) is 22.5 Å². The van der Waals surface area contributed by atoms with Gasteiger partial charge in [0.25, 0.3) is 0 Å². The highest BCUT2D eigenvalue weighted by atomic mass is 19.1. The van der Waals surface area contributed by atoms with Gasteiger partial charge in [-0.2, -0.15) is 0 Å². The number of rotatable bonds is 4. The highest BCUT2D eigenvalue weighted by Crippen LogP contribution is 2.53. The molecule has 4 heteroatoms. The van der Waals surface area contributed by atoms with E-state index in [0.29, 0.717) is 17.5 Å². The molecule has 2 aromatic rings. The number of hydrazine groups is 1. The van der Waals surface area contributed by atoms with Crippen LogP contribution in [0.5, 0.6) is 0 Å². The largest absolute Gasteiger partial charge is 0.271 e. The van der Waals surface area contributed by atoms with Crippen LogP contribution < -0.4 is 11.3 Å². The molecular formula is C15H16FN3. The summed E-state index contributed by atoms with van der Waals surface area (Å²) in [5, 5.41) is 0. The van der Waals surface area contributed by atoms with Gasteiger partial charge in [-0.1, -0.05) is 30.3 Å². The van der Waals surface area contributed by atoms with Gasteiger partial charge in [0, 0.05) is 6.20 Å². The predicted octanol–water partition coefficient (Wildman–Crippen LogP) is 2.53. The molecule has 0 amide bonds. The molecule has 0 bridgehead atoms. The summed E-state index contributed by atoms with van der Waals surface area (Å²) in [6, 6.07) is 13.0. The molecule has 3 unspecified atom stereocenters. The normalized spacial score (nSPS) is 23.1. The van der Waals surface area contributed by atoms with Crippen molar-refractivity contribution in [3.63, 3.8) is 0 Å². The molecule has 0 aliphatic heterocycles. The summed E-state index contributed by atoms with van der Waals surface area (Å²) in [7, 11) is 0. The number of pyridine rings is 1. The van der Waals surface area contributed by atoms with Crippen molar-refractivity contribution < 1.29 is 4.39 Å². The molecule has 0 saturated heterocycles. The monoisotopic (exact) mass is 257 g/mol. The van der Waals surface area contributed by atoms with Crippen molar-refractivity contribution in [2.24, 2.45) is 11.8 Å². The molecule has 3 rings (SSSR count). The fourth-order valence-corrected chi connectivity index (χ4v) is 2.70. The minimum Gasteiger partial charge on any atom is -0.271 e. The van der Waals surface area contributed by atoms with E-state index in [1.807, 2.05) is 18.2 Å². The van der Waals surface area contributed by atoms with Crippen molar-refractivity contribution in [1.29, 1.82) is 0 Å². The average Bonchev–Trinajstić information content (AvgIpc) is 3.23. The van der Waals surface area contributed by atoms with Crippen molar-refractivity contribution in [2.45, 2.75) is 18.4 Å². The second-order valence-corrected chi connectivity index (χ2v) is 4.93. The lowest BCUT2D eigenvalue weighted by Gasteiger charge is -2.16. The summed E-state index contributed by atoms with van der Waals surface area (Å²) in [6.45, 7) is 0. The lowest BCUT2D eigenvalue weighted by atomic mass is 10.0. The second kappa shape index (κ2) is 5.07. The number of benzene rings is 1. The van der Waals surface area contributed by atoms with E-state index in [9.17, 15) is 4.39 Å². The zero-order valence-corrected chi connectivity index (χ0v) is 10.5. The van der Waals surface area contributed by atoms with Gasteiger partial charge in [0.05, 0.1) is 11.7 Å². The highest BCUT2D eigenvalue weighted by Gasteiger charge is 2.45. The third kappa shape index (κ3) is 2.37.